The molecule has 0 saturated heterocycles. The molecular weight excluding hydrogens is 373 g/mol. The Kier molecular flexibility index (Phi) is 5.15. The highest BCUT2D eigenvalue weighted by Crippen LogP contribution is 2.28. The zero-order valence-electron chi connectivity index (χ0n) is 14.2. The third-order valence-corrected chi connectivity index (χ3v) is 3.90. The van der Waals surface area contributed by atoms with Crippen LogP contribution in [-0.2, 0) is 6.18 Å². The van der Waals surface area contributed by atoms with Gasteiger partial charge < -0.3 is 10.4 Å². The molecule has 0 bridgehead atoms. The third kappa shape index (κ3) is 4.19. The Balaban J connectivity index is 1.78. The molecule has 0 aliphatic heterocycles. The summed E-state index contributed by atoms with van der Waals surface area (Å²) in [4.78, 5) is 12.1. The minimum absolute atomic E-state index is 0.279. The first kappa shape index (κ1) is 19.1. The number of hydrogen-bond acceptors (Lipinski definition) is 4. The van der Waals surface area contributed by atoms with Gasteiger partial charge in [0.25, 0.3) is 5.91 Å². The van der Waals surface area contributed by atoms with Crippen LogP contribution >= 0.6 is 0 Å². The monoisotopic (exact) mass is 386 g/mol. The SMILES string of the molecule is N#Cc1cccc(C(O)c2cccc(NC(=O)c3cc(C(F)(F)F)n[nH]3)c2)c1. The maximum absolute atomic E-state index is 12.6. The number of nitriles is 1. The van der Waals surface area contributed by atoms with Crippen molar-refractivity contribution >= 4 is 11.6 Å². The molecule has 3 rings (SSSR count). The van der Waals surface area contributed by atoms with Crippen LogP contribution in [0, 0.1) is 11.3 Å². The van der Waals surface area contributed by atoms with E-state index in [-0.39, 0.29) is 11.4 Å². The molecule has 142 valence electrons. The number of carbonyl (C=O) groups excluding carboxylic acids is 1. The molecule has 0 aliphatic carbocycles. The number of alkyl halides is 3. The smallest absolute Gasteiger partial charge is 0.384 e. The molecule has 0 radical (unpaired) electrons. The van der Waals surface area contributed by atoms with Gasteiger partial charge in [-0.2, -0.15) is 23.5 Å². The number of anilines is 1. The van der Waals surface area contributed by atoms with E-state index in [0.29, 0.717) is 22.8 Å². The summed E-state index contributed by atoms with van der Waals surface area (Å²) in [6, 6.07) is 15.3. The molecule has 9 heteroatoms. The van der Waals surface area contributed by atoms with Crippen molar-refractivity contribution in [3.05, 3.63) is 82.7 Å². The number of aromatic nitrogens is 2. The summed E-state index contributed by atoms with van der Waals surface area (Å²) < 4.78 is 37.8. The number of halogens is 3. The number of aliphatic hydroxyl groups excluding tert-OH is 1. The van der Waals surface area contributed by atoms with E-state index in [1.54, 1.807) is 36.4 Å². The van der Waals surface area contributed by atoms with Crippen LogP contribution in [0.3, 0.4) is 0 Å². The lowest BCUT2D eigenvalue weighted by Crippen LogP contribution is -2.13. The fourth-order valence-corrected chi connectivity index (χ4v) is 2.54. The van der Waals surface area contributed by atoms with Gasteiger partial charge in [0.15, 0.2) is 5.69 Å². The number of aromatic amines is 1. The Bertz CT molecular complexity index is 1050. The summed E-state index contributed by atoms with van der Waals surface area (Å²) >= 11 is 0. The lowest BCUT2D eigenvalue weighted by molar-refractivity contribution is -0.141. The van der Waals surface area contributed by atoms with Gasteiger partial charge >= 0.3 is 6.18 Å². The number of benzene rings is 2. The number of H-pyrrole nitrogens is 1. The van der Waals surface area contributed by atoms with Gasteiger partial charge in [0, 0.05) is 11.8 Å². The van der Waals surface area contributed by atoms with E-state index in [0.717, 1.165) is 0 Å². The van der Waals surface area contributed by atoms with Crippen molar-refractivity contribution in [2.24, 2.45) is 0 Å². The second kappa shape index (κ2) is 7.54. The first-order valence-electron chi connectivity index (χ1n) is 8.00. The molecule has 2 aromatic carbocycles. The molecule has 1 heterocycles. The highest BCUT2D eigenvalue weighted by atomic mass is 19.4. The summed E-state index contributed by atoms with van der Waals surface area (Å²) in [6.45, 7) is 0. The number of aliphatic hydroxyl groups is 1. The summed E-state index contributed by atoms with van der Waals surface area (Å²) in [5.41, 5.74) is 0.0560. The van der Waals surface area contributed by atoms with Crippen LogP contribution in [0.1, 0.15) is 39.0 Å². The standard InChI is InChI=1S/C19H13F3N4O2/c20-19(21,22)16-9-15(25-26-16)18(28)24-14-6-2-5-13(8-14)17(27)12-4-1-3-11(7-12)10-23/h1-9,17,27H,(H,24,28)(H,25,26). The van der Waals surface area contributed by atoms with Gasteiger partial charge in [-0.1, -0.05) is 24.3 Å². The minimum atomic E-state index is -4.66. The number of rotatable bonds is 4. The highest BCUT2D eigenvalue weighted by Gasteiger charge is 2.34. The van der Waals surface area contributed by atoms with E-state index in [9.17, 15) is 23.1 Å². The largest absolute Gasteiger partial charge is 0.435 e. The first-order chi connectivity index (χ1) is 13.3. The number of carbonyl (C=O) groups is 1. The Labute approximate surface area is 157 Å². The van der Waals surface area contributed by atoms with E-state index in [2.05, 4.69) is 10.4 Å². The van der Waals surface area contributed by atoms with Crippen molar-refractivity contribution in [3.63, 3.8) is 0 Å². The molecule has 3 N–H and O–H groups in total. The van der Waals surface area contributed by atoms with Gasteiger partial charge in [0.05, 0.1) is 11.6 Å². The molecule has 1 unspecified atom stereocenters. The average molecular weight is 386 g/mol. The van der Waals surface area contributed by atoms with E-state index in [1.807, 2.05) is 11.2 Å². The molecule has 0 aliphatic rings. The predicted molar refractivity (Wildman–Crippen MR) is 93.2 cm³/mol. The average Bonchev–Trinajstić information content (AvgIpc) is 3.18. The Morgan fingerprint density at radius 2 is 1.82 bits per heavy atom. The quantitative estimate of drug-likeness (QED) is 0.637. The van der Waals surface area contributed by atoms with Crippen molar-refractivity contribution in [3.8, 4) is 6.07 Å². The number of amides is 1. The predicted octanol–water partition coefficient (Wildman–Crippen LogP) is 3.63. The second-order valence-corrected chi connectivity index (χ2v) is 5.88. The highest BCUT2D eigenvalue weighted by molar-refractivity contribution is 6.02. The van der Waals surface area contributed by atoms with E-state index < -0.39 is 23.9 Å². The molecule has 0 fully saturated rings. The summed E-state index contributed by atoms with van der Waals surface area (Å²) in [5.74, 6) is -0.805. The normalized spacial score (nSPS) is 12.2. The molecule has 3 aromatic rings. The molecule has 1 aromatic heterocycles. The summed E-state index contributed by atoms with van der Waals surface area (Å²) in [6.07, 6.45) is -5.70. The second-order valence-electron chi connectivity index (χ2n) is 5.88. The molecule has 0 saturated carbocycles. The van der Waals surface area contributed by atoms with Gasteiger partial charge in [-0.25, -0.2) is 0 Å². The number of nitrogens with one attached hydrogen (secondary N) is 2. The molecule has 1 atom stereocenters. The van der Waals surface area contributed by atoms with Crippen molar-refractivity contribution in [1.29, 1.82) is 5.26 Å². The zero-order chi connectivity index (χ0) is 20.3. The topological polar surface area (TPSA) is 102 Å². The fourth-order valence-electron chi connectivity index (χ4n) is 2.54. The number of hydrogen-bond donors (Lipinski definition) is 3. The summed E-state index contributed by atoms with van der Waals surface area (Å²) in [7, 11) is 0. The molecule has 6 nitrogen and oxygen atoms in total. The van der Waals surface area contributed by atoms with E-state index in [1.165, 1.54) is 12.1 Å². The van der Waals surface area contributed by atoms with Crippen molar-refractivity contribution in [1.82, 2.24) is 10.2 Å². The molecular formula is C19H13F3N4O2. The minimum Gasteiger partial charge on any atom is -0.384 e. The lowest BCUT2D eigenvalue weighted by Gasteiger charge is -2.13. The van der Waals surface area contributed by atoms with Gasteiger partial charge in [0.2, 0.25) is 0 Å². The van der Waals surface area contributed by atoms with Gasteiger partial charge in [-0.3, -0.25) is 9.89 Å². The first-order valence-corrected chi connectivity index (χ1v) is 8.00. The van der Waals surface area contributed by atoms with Gasteiger partial charge in [-0.05, 0) is 35.4 Å². The van der Waals surface area contributed by atoms with Crippen molar-refractivity contribution in [2.75, 3.05) is 5.32 Å². The molecule has 28 heavy (non-hydrogen) atoms. The lowest BCUT2D eigenvalue weighted by atomic mass is 9.99. The molecule has 0 spiro atoms. The van der Waals surface area contributed by atoms with Crippen LogP contribution in [0.25, 0.3) is 0 Å². The zero-order valence-corrected chi connectivity index (χ0v) is 14.2. The number of nitrogens with zero attached hydrogens (tertiary/aromatic N) is 2. The Hall–Kier alpha value is -3.64. The summed E-state index contributed by atoms with van der Waals surface area (Å²) in [5, 5.41) is 27.0. The van der Waals surface area contributed by atoms with Crippen LogP contribution in [-0.4, -0.2) is 21.2 Å². The van der Waals surface area contributed by atoms with Crippen LogP contribution < -0.4 is 5.32 Å². The maximum Gasteiger partial charge on any atom is 0.435 e. The van der Waals surface area contributed by atoms with Crippen LogP contribution in [0.2, 0.25) is 0 Å². The van der Waals surface area contributed by atoms with Crippen LogP contribution in [0.5, 0.6) is 0 Å². The Morgan fingerprint density at radius 1 is 1.14 bits per heavy atom. The van der Waals surface area contributed by atoms with Crippen molar-refractivity contribution < 1.29 is 23.1 Å². The van der Waals surface area contributed by atoms with Gasteiger partial charge in [-0.15, -0.1) is 0 Å². The maximum atomic E-state index is 12.6. The van der Waals surface area contributed by atoms with Crippen LogP contribution in [0.15, 0.2) is 54.6 Å². The molecule has 1 amide bonds. The van der Waals surface area contributed by atoms with E-state index in [4.69, 9.17) is 5.26 Å². The van der Waals surface area contributed by atoms with Gasteiger partial charge in [0.1, 0.15) is 11.8 Å². The Morgan fingerprint density at radius 3 is 2.46 bits per heavy atom. The van der Waals surface area contributed by atoms with Crippen molar-refractivity contribution in [2.45, 2.75) is 12.3 Å². The fraction of sp³-hybridized carbons (Fsp3) is 0.105. The van der Waals surface area contributed by atoms with Crippen LogP contribution in [0.4, 0.5) is 18.9 Å². The van der Waals surface area contributed by atoms with E-state index >= 15 is 0 Å². The third-order valence-electron chi connectivity index (χ3n) is 3.90.